The molecule has 1 aromatic carbocycles. The molecule has 2 rings (SSSR count). The molecule has 0 bridgehead atoms. The van der Waals surface area contributed by atoms with Crippen molar-refractivity contribution in [3.8, 4) is 5.75 Å². The molecule has 0 spiro atoms. The third kappa shape index (κ3) is 6.95. The second kappa shape index (κ2) is 10.7. The van der Waals surface area contributed by atoms with Crippen LogP contribution in [0, 0.1) is 5.92 Å². The van der Waals surface area contributed by atoms with Crippen LogP contribution < -0.4 is 15.4 Å². The van der Waals surface area contributed by atoms with Crippen LogP contribution in [0.25, 0.3) is 0 Å². The molecule has 5 nitrogen and oxygen atoms in total. The lowest BCUT2D eigenvalue weighted by atomic mass is 10.1. The summed E-state index contributed by atoms with van der Waals surface area (Å²) in [5.41, 5.74) is 1.18. The Labute approximate surface area is 156 Å². The molecule has 1 atom stereocenters. The zero-order valence-electron chi connectivity index (χ0n) is 14.3. The van der Waals surface area contributed by atoms with E-state index in [4.69, 9.17) is 4.74 Å². The maximum Gasteiger partial charge on any atom is 0.191 e. The molecule has 0 aliphatic carbocycles. The minimum atomic E-state index is 0. The monoisotopic (exact) mass is 432 g/mol. The lowest BCUT2D eigenvalue weighted by molar-refractivity contribution is 0.394. The minimum absolute atomic E-state index is 0. The average molecular weight is 432 g/mol. The summed E-state index contributed by atoms with van der Waals surface area (Å²) in [5, 5.41) is 6.77. The molecule has 0 saturated carbocycles. The third-order valence-electron chi connectivity index (χ3n) is 3.97. The molecule has 1 aromatic rings. The fourth-order valence-electron chi connectivity index (χ4n) is 2.68. The van der Waals surface area contributed by atoms with E-state index in [1.54, 1.807) is 7.11 Å². The van der Waals surface area contributed by atoms with Crippen LogP contribution in [-0.4, -0.2) is 51.2 Å². The second-order valence-electron chi connectivity index (χ2n) is 5.84. The number of aliphatic imine (C=N–C) groups is 1. The zero-order valence-corrected chi connectivity index (χ0v) is 16.7. The summed E-state index contributed by atoms with van der Waals surface area (Å²) in [6.07, 6.45) is 1.27. The first kappa shape index (κ1) is 20.0. The van der Waals surface area contributed by atoms with Crippen molar-refractivity contribution in [1.29, 1.82) is 0 Å². The summed E-state index contributed by atoms with van der Waals surface area (Å²) >= 11 is 0. The Morgan fingerprint density at radius 1 is 1.30 bits per heavy atom. The van der Waals surface area contributed by atoms with E-state index in [2.05, 4.69) is 46.6 Å². The van der Waals surface area contributed by atoms with Crippen molar-refractivity contribution in [3.63, 3.8) is 0 Å². The van der Waals surface area contributed by atoms with Crippen LogP contribution in [0.3, 0.4) is 0 Å². The van der Waals surface area contributed by atoms with Crippen LogP contribution >= 0.6 is 24.0 Å². The summed E-state index contributed by atoms with van der Waals surface area (Å²) in [6, 6.07) is 8.05. The Balaban J connectivity index is 0.00000264. The van der Waals surface area contributed by atoms with Crippen molar-refractivity contribution in [2.24, 2.45) is 10.9 Å². The number of hydrogen-bond donors (Lipinski definition) is 2. The first-order valence-electron chi connectivity index (χ1n) is 8.05. The number of hydrogen-bond acceptors (Lipinski definition) is 3. The number of nitrogens with one attached hydrogen (secondary N) is 2. The number of ether oxygens (including phenoxy) is 1. The fraction of sp³-hybridized carbons (Fsp3) is 0.588. The Kier molecular flexibility index (Phi) is 9.31. The van der Waals surface area contributed by atoms with Gasteiger partial charge in [0.25, 0.3) is 0 Å². The molecule has 130 valence electrons. The Morgan fingerprint density at radius 2 is 2.04 bits per heavy atom. The molecular weight excluding hydrogens is 403 g/mol. The van der Waals surface area contributed by atoms with E-state index in [9.17, 15) is 0 Å². The van der Waals surface area contributed by atoms with Gasteiger partial charge in [-0.2, -0.15) is 0 Å². The molecule has 1 saturated heterocycles. The molecule has 23 heavy (non-hydrogen) atoms. The first-order valence-corrected chi connectivity index (χ1v) is 8.05. The highest BCUT2D eigenvalue weighted by Gasteiger charge is 2.19. The van der Waals surface area contributed by atoms with E-state index < -0.39 is 0 Å². The van der Waals surface area contributed by atoms with Crippen molar-refractivity contribution in [2.75, 3.05) is 40.3 Å². The number of benzene rings is 1. The molecule has 2 N–H and O–H groups in total. The summed E-state index contributed by atoms with van der Waals surface area (Å²) < 4.78 is 5.17. The quantitative estimate of drug-likeness (QED) is 0.412. The minimum Gasteiger partial charge on any atom is -0.497 e. The highest BCUT2D eigenvalue weighted by atomic mass is 127. The third-order valence-corrected chi connectivity index (χ3v) is 3.97. The lowest BCUT2D eigenvalue weighted by Gasteiger charge is -2.15. The normalized spacial score (nSPS) is 18.4. The Bertz CT molecular complexity index is 478. The van der Waals surface area contributed by atoms with E-state index in [0.717, 1.165) is 30.7 Å². The zero-order chi connectivity index (χ0) is 15.8. The number of rotatable bonds is 6. The maximum atomic E-state index is 5.17. The van der Waals surface area contributed by atoms with Gasteiger partial charge in [0.1, 0.15) is 5.75 Å². The summed E-state index contributed by atoms with van der Waals surface area (Å²) in [6.45, 7) is 6.99. The molecule has 0 radical (unpaired) electrons. The molecule has 1 unspecified atom stereocenters. The Hall–Kier alpha value is -1.02. The van der Waals surface area contributed by atoms with Gasteiger partial charge in [-0.3, -0.25) is 0 Å². The molecule has 1 aliphatic heterocycles. The van der Waals surface area contributed by atoms with Crippen molar-refractivity contribution in [2.45, 2.75) is 19.9 Å². The molecular formula is C17H29IN4O. The summed E-state index contributed by atoms with van der Waals surface area (Å²) in [4.78, 5) is 7.04. The van der Waals surface area contributed by atoms with E-state index in [1.165, 1.54) is 25.1 Å². The predicted molar refractivity (Wildman–Crippen MR) is 107 cm³/mol. The lowest BCUT2D eigenvalue weighted by Crippen LogP contribution is -2.40. The fourth-order valence-corrected chi connectivity index (χ4v) is 2.68. The number of halogens is 1. The van der Waals surface area contributed by atoms with Crippen molar-refractivity contribution in [3.05, 3.63) is 29.8 Å². The maximum absolute atomic E-state index is 5.17. The van der Waals surface area contributed by atoms with Crippen LogP contribution in [0.15, 0.2) is 29.3 Å². The molecule has 0 aromatic heterocycles. The highest BCUT2D eigenvalue weighted by molar-refractivity contribution is 14.0. The van der Waals surface area contributed by atoms with Crippen molar-refractivity contribution < 1.29 is 4.74 Å². The van der Waals surface area contributed by atoms with Gasteiger partial charge in [-0.15, -0.1) is 24.0 Å². The number of nitrogens with zero attached hydrogens (tertiary/aromatic N) is 2. The van der Waals surface area contributed by atoms with Gasteiger partial charge in [0, 0.05) is 19.6 Å². The van der Waals surface area contributed by atoms with Crippen LogP contribution in [0.2, 0.25) is 0 Å². The van der Waals surface area contributed by atoms with Crippen LogP contribution in [0.4, 0.5) is 0 Å². The van der Waals surface area contributed by atoms with Crippen LogP contribution in [-0.2, 0) is 6.54 Å². The molecule has 1 aliphatic rings. The van der Waals surface area contributed by atoms with Gasteiger partial charge in [-0.25, -0.2) is 4.99 Å². The topological polar surface area (TPSA) is 48.9 Å². The van der Waals surface area contributed by atoms with Gasteiger partial charge in [-0.05, 0) is 50.6 Å². The molecule has 1 fully saturated rings. The van der Waals surface area contributed by atoms with Gasteiger partial charge in [-0.1, -0.05) is 12.1 Å². The second-order valence-corrected chi connectivity index (χ2v) is 5.84. The number of likely N-dealkylation sites (tertiary alicyclic amines) is 1. The van der Waals surface area contributed by atoms with E-state index in [-0.39, 0.29) is 24.0 Å². The smallest absolute Gasteiger partial charge is 0.191 e. The largest absolute Gasteiger partial charge is 0.497 e. The average Bonchev–Trinajstić information content (AvgIpc) is 2.96. The number of guanidine groups is 1. The summed E-state index contributed by atoms with van der Waals surface area (Å²) in [5.74, 6) is 2.49. The standard InChI is InChI=1S/C17H28N4O.HI/c1-4-18-17(20-12-15-9-10-21(2)13-15)19-11-14-5-7-16(22-3)8-6-14;/h5-8,15H,4,9-13H2,1-3H3,(H2,18,19,20);1H. The van der Waals surface area contributed by atoms with Crippen molar-refractivity contribution in [1.82, 2.24) is 15.5 Å². The summed E-state index contributed by atoms with van der Waals surface area (Å²) in [7, 11) is 3.86. The first-order chi connectivity index (χ1) is 10.7. The van der Waals surface area contributed by atoms with Gasteiger partial charge >= 0.3 is 0 Å². The molecule has 0 amide bonds. The molecule has 6 heteroatoms. The van der Waals surface area contributed by atoms with E-state index in [1.807, 2.05) is 12.1 Å². The van der Waals surface area contributed by atoms with Gasteiger partial charge in [0.15, 0.2) is 5.96 Å². The van der Waals surface area contributed by atoms with Crippen LogP contribution in [0.1, 0.15) is 18.9 Å². The highest BCUT2D eigenvalue weighted by Crippen LogP contribution is 2.13. The Morgan fingerprint density at radius 3 is 2.61 bits per heavy atom. The van der Waals surface area contributed by atoms with E-state index in [0.29, 0.717) is 6.54 Å². The number of methoxy groups -OCH3 is 1. The van der Waals surface area contributed by atoms with Crippen LogP contribution in [0.5, 0.6) is 5.75 Å². The van der Waals surface area contributed by atoms with Crippen molar-refractivity contribution >= 4 is 29.9 Å². The van der Waals surface area contributed by atoms with Gasteiger partial charge in [0.05, 0.1) is 13.7 Å². The van der Waals surface area contributed by atoms with Gasteiger partial charge in [0.2, 0.25) is 0 Å². The van der Waals surface area contributed by atoms with Gasteiger partial charge < -0.3 is 20.3 Å². The van der Waals surface area contributed by atoms with E-state index >= 15 is 0 Å². The molecule has 1 heterocycles. The predicted octanol–water partition coefficient (Wildman–Crippen LogP) is 2.32. The SMILES string of the molecule is CCNC(=NCc1ccc(OC)cc1)NCC1CCN(C)C1.I.